The molecular formula is C10H14N2O. The number of amides is 1. The van der Waals surface area contributed by atoms with Crippen LogP contribution in [0.1, 0.15) is 18.9 Å². The summed E-state index contributed by atoms with van der Waals surface area (Å²) < 4.78 is 0. The van der Waals surface area contributed by atoms with Gasteiger partial charge in [0, 0.05) is 12.0 Å². The molecule has 0 aliphatic rings. The standard InChI is InChI=1S/C10H14N2O/c1-10(12,7-9(11)13)8-5-3-2-4-6-8/h2-6H,7,12H2,1H3,(H2,11,13). The molecule has 1 aromatic rings. The topological polar surface area (TPSA) is 69.1 Å². The summed E-state index contributed by atoms with van der Waals surface area (Å²) in [4.78, 5) is 10.7. The van der Waals surface area contributed by atoms with Gasteiger partial charge in [0.05, 0.1) is 0 Å². The predicted octanol–water partition coefficient (Wildman–Crippen LogP) is 0.736. The van der Waals surface area contributed by atoms with E-state index in [1.807, 2.05) is 30.3 Å². The van der Waals surface area contributed by atoms with Crippen molar-refractivity contribution in [3.05, 3.63) is 35.9 Å². The zero-order valence-electron chi connectivity index (χ0n) is 7.66. The second kappa shape index (κ2) is 3.58. The highest BCUT2D eigenvalue weighted by Crippen LogP contribution is 2.20. The summed E-state index contributed by atoms with van der Waals surface area (Å²) in [5.41, 5.74) is 11.3. The van der Waals surface area contributed by atoms with Gasteiger partial charge in [-0.25, -0.2) is 0 Å². The molecule has 3 heteroatoms. The minimum Gasteiger partial charge on any atom is -0.370 e. The van der Waals surface area contributed by atoms with E-state index in [4.69, 9.17) is 11.5 Å². The number of nitrogens with two attached hydrogens (primary N) is 2. The first-order valence-corrected chi connectivity index (χ1v) is 4.15. The Bertz CT molecular complexity index is 293. The Morgan fingerprint density at radius 2 is 1.92 bits per heavy atom. The Labute approximate surface area is 77.7 Å². The summed E-state index contributed by atoms with van der Waals surface area (Å²) in [6.45, 7) is 1.80. The highest BCUT2D eigenvalue weighted by Gasteiger charge is 2.22. The molecule has 0 radical (unpaired) electrons. The summed E-state index contributed by atoms with van der Waals surface area (Å²) >= 11 is 0. The van der Waals surface area contributed by atoms with Gasteiger partial charge < -0.3 is 11.5 Å². The molecule has 70 valence electrons. The van der Waals surface area contributed by atoms with Gasteiger partial charge in [0.1, 0.15) is 0 Å². The van der Waals surface area contributed by atoms with Crippen LogP contribution in [-0.4, -0.2) is 5.91 Å². The lowest BCUT2D eigenvalue weighted by Crippen LogP contribution is -2.37. The lowest BCUT2D eigenvalue weighted by Gasteiger charge is -2.23. The molecule has 1 unspecified atom stereocenters. The van der Waals surface area contributed by atoms with Crippen LogP contribution >= 0.6 is 0 Å². The molecule has 0 aliphatic carbocycles. The lowest BCUT2D eigenvalue weighted by molar-refractivity contribution is -0.119. The SMILES string of the molecule is CC(N)(CC(N)=O)c1ccccc1. The van der Waals surface area contributed by atoms with Crippen LogP contribution in [0.15, 0.2) is 30.3 Å². The van der Waals surface area contributed by atoms with E-state index < -0.39 is 5.54 Å². The van der Waals surface area contributed by atoms with Crippen molar-refractivity contribution in [2.24, 2.45) is 11.5 Å². The minimum absolute atomic E-state index is 0.164. The van der Waals surface area contributed by atoms with E-state index in [2.05, 4.69) is 0 Å². The maximum atomic E-state index is 10.7. The molecule has 0 saturated heterocycles. The van der Waals surface area contributed by atoms with Crippen molar-refractivity contribution in [2.45, 2.75) is 18.9 Å². The van der Waals surface area contributed by atoms with Gasteiger partial charge in [0.25, 0.3) is 0 Å². The normalized spacial score (nSPS) is 14.9. The van der Waals surface area contributed by atoms with Crippen LogP contribution in [0.4, 0.5) is 0 Å². The summed E-state index contributed by atoms with van der Waals surface area (Å²) in [5.74, 6) is -0.381. The van der Waals surface area contributed by atoms with Gasteiger partial charge in [-0.15, -0.1) is 0 Å². The van der Waals surface area contributed by atoms with Crippen molar-refractivity contribution in [3.63, 3.8) is 0 Å². The van der Waals surface area contributed by atoms with E-state index in [-0.39, 0.29) is 12.3 Å². The average Bonchev–Trinajstić information content (AvgIpc) is 2.04. The van der Waals surface area contributed by atoms with Crippen molar-refractivity contribution in [1.29, 1.82) is 0 Å². The van der Waals surface area contributed by atoms with Crippen LogP contribution in [0.2, 0.25) is 0 Å². The summed E-state index contributed by atoms with van der Waals surface area (Å²) in [6, 6.07) is 9.47. The fourth-order valence-corrected chi connectivity index (χ4v) is 1.28. The van der Waals surface area contributed by atoms with Gasteiger partial charge in [-0.2, -0.15) is 0 Å². The van der Waals surface area contributed by atoms with E-state index in [0.717, 1.165) is 5.56 Å². The molecule has 0 aliphatic heterocycles. The second-order valence-electron chi connectivity index (χ2n) is 3.43. The van der Waals surface area contributed by atoms with Gasteiger partial charge in [-0.05, 0) is 12.5 Å². The number of rotatable bonds is 3. The summed E-state index contributed by atoms with van der Waals surface area (Å²) in [5, 5.41) is 0. The Morgan fingerprint density at radius 1 is 1.38 bits per heavy atom. The minimum atomic E-state index is -0.660. The fraction of sp³-hybridized carbons (Fsp3) is 0.300. The number of hydrogen-bond acceptors (Lipinski definition) is 2. The molecule has 0 saturated carbocycles. The van der Waals surface area contributed by atoms with Crippen LogP contribution in [0.3, 0.4) is 0 Å². The third-order valence-electron chi connectivity index (χ3n) is 1.97. The van der Waals surface area contributed by atoms with Crippen molar-refractivity contribution < 1.29 is 4.79 Å². The molecule has 1 atom stereocenters. The predicted molar refractivity (Wildman–Crippen MR) is 51.8 cm³/mol. The monoisotopic (exact) mass is 178 g/mol. The molecule has 0 spiro atoms. The Kier molecular flexibility index (Phi) is 2.68. The molecule has 1 amide bonds. The molecule has 0 heterocycles. The van der Waals surface area contributed by atoms with Crippen molar-refractivity contribution in [3.8, 4) is 0 Å². The molecule has 4 N–H and O–H groups in total. The summed E-state index contributed by atoms with van der Waals surface area (Å²) in [6.07, 6.45) is 0.164. The second-order valence-corrected chi connectivity index (χ2v) is 3.43. The van der Waals surface area contributed by atoms with Gasteiger partial charge in [-0.1, -0.05) is 30.3 Å². The average molecular weight is 178 g/mol. The molecule has 1 rings (SSSR count). The number of primary amides is 1. The van der Waals surface area contributed by atoms with Gasteiger partial charge >= 0.3 is 0 Å². The number of benzene rings is 1. The molecule has 3 nitrogen and oxygen atoms in total. The zero-order valence-corrected chi connectivity index (χ0v) is 7.66. The van der Waals surface area contributed by atoms with Crippen molar-refractivity contribution >= 4 is 5.91 Å². The fourth-order valence-electron chi connectivity index (χ4n) is 1.28. The third-order valence-corrected chi connectivity index (χ3v) is 1.97. The molecular weight excluding hydrogens is 164 g/mol. The first-order valence-electron chi connectivity index (χ1n) is 4.15. The maximum absolute atomic E-state index is 10.7. The van der Waals surface area contributed by atoms with Crippen molar-refractivity contribution in [1.82, 2.24) is 0 Å². The van der Waals surface area contributed by atoms with E-state index in [9.17, 15) is 4.79 Å². The van der Waals surface area contributed by atoms with Crippen LogP contribution in [-0.2, 0) is 10.3 Å². The molecule has 0 bridgehead atoms. The van der Waals surface area contributed by atoms with Crippen LogP contribution in [0, 0.1) is 0 Å². The largest absolute Gasteiger partial charge is 0.370 e. The molecule has 0 fully saturated rings. The molecule has 0 aromatic heterocycles. The number of carbonyl (C=O) groups excluding carboxylic acids is 1. The smallest absolute Gasteiger partial charge is 0.219 e. The van der Waals surface area contributed by atoms with E-state index in [0.29, 0.717) is 0 Å². The van der Waals surface area contributed by atoms with Gasteiger partial charge in [-0.3, -0.25) is 4.79 Å². The van der Waals surface area contributed by atoms with Crippen LogP contribution in [0.5, 0.6) is 0 Å². The maximum Gasteiger partial charge on any atom is 0.219 e. The van der Waals surface area contributed by atoms with Crippen LogP contribution in [0.25, 0.3) is 0 Å². The van der Waals surface area contributed by atoms with E-state index >= 15 is 0 Å². The lowest BCUT2D eigenvalue weighted by atomic mass is 9.90. The van der Waals surface area contributed by atoms with Crippen LogP contribution < -0.4 is 11.5 Å². The third kappa shape index (κ3) is 2.56. The highest BCUT2D eigenvalue weighted by molar-refractivity contribution is 5.75. The van der Waals surface area contributed by atoms with Gasteiger partial charge in [0.2, 0.25) is 5.91 Å². The Hall–Kier alpha value is -1.35. The quantitative estimate of drug-likeness (QED) is 0.716. The highest BCUT2D eigenvalue weighted by atomic mass is 16.1. The Balaban J connectivity index is 2.87. The van der Waals surface area contributed by atoms with E-state index in [1.165, 1.54) is 0 Å². The molecule has 1 aromatic carbocycles. The van der Waals surface area contributed by atoms with Gasteiger partial charge in [0.15, 0.2) is 0 Å². The number of hydrogen-bond donors (Lipinski definition) is 2. The van der Waals surface area contributed by atoms with Crippen molar-refractivity contribution in [2.75, 3.05) is 0 Å². The number of carbonyl (C=O) groups is 1. The first kappa shape index (κ1) is 9.74. The first-order chi connectivity index (χ1) is 6.02. The van der Waals surface area contributed by atoms with E-state index in [1.54, 1.807) is 6.92 Å². The zero-order chi connectivity index (χ0) is 9.90. The Morgan fingerprint density at radius 3 is 2.38 bits per heavy atom. The molecule has 13 heavy (non-hydrogen) atoms. The summed E-state index contributed by atoms with van der Waals surface area (Å²) in [7, 11) is 0.